The number of hydrogen-bond donors (Lipinski definition) is 5. The van der Waals surface area contributed by atoms with Gasteiger partial charge in [-0.05, 0) is 48.7 Å². The highest BCUT2D eigenvalue weighted by Gasteiger charge is 2.30. The zero-order chi connectivity index (χ0) is 16.6. The first-order valence-corrected chi connectivity index (χ1v) is 7.77. The van der Waals surface area contributed by atoms with Gasteiger partial charge >= 0.3 is 0 Å². The number of hydrogen-bond acceptors (Lipinski definition) is 5. The molecule has 1 saturated heterocycles. The maximum atomic E-state index is 10.1. The summed E-state index contributed by atoms with van der Waals surface area (Å²) in [7, 11) is 0. The third-order valence-electron chi connectivity index (χ3n) is 4.44. The highest BCUT2D eigenvalue weighted by molar-refractivity contribution is 6.32. The largest absolute Gasteiger partial charge is 0.508 e. The third-order valence-corrected chi connectivity index (χ3v) is 4.75. The highest BCUT2D eigenvalue weighted by atomic mass is 35.5. The van der Waals surface area contributed by atoms with E-state index in [0.717, 1.165) is 18.7 Å². The number of aromatic hydroxyl groups is 4. The Hall–Kier alpha value is -2.11. The molecule has 0 aliphatic carbocycles. The van der Waals surface area contributed by atoms with Gasteiger partial charge in [0.15, 0.2) is 11.5 Å². The number of nitrogens with one attached hydrogen (secondary N) is 1. The van der Waals surface area contributed by atoms with Crippen LogP contribution in [0.15, 0.2) is 30.3 Å². The minimum absolute atomic E-state index is 0.0195. The predicted molar refractivity (Wildman–Crippen MR) is 87.4 cm³/mol. The van der Waals surface area contributed by atoms with Crippen LogP contribution in [0.2, 0.25) is 5.02 Å². The van der Waals surface area contributed by atoms with Crippen LogP contribution in [0.25, 0.3) is 0 Å². The first kappa shape index (κ1) is 15.8. The molecular weight excluding hydrogens is 318 g/mol. The number of phenols is 4. The monoisotopic (exact) mass is 335 g/mol. The molecule has 23 heavy (non-hydrogen) atoms. The summed E-state index contributed by atoms with van der Waals surface area (Å²) in [6.07, 6.45) is 0.456. The summed E-state index contributed by atoms with van der Waals surface area (Å²) in [6, 6.07) is 7.72. The van der Waals surface area contributed by atoms with Gasteiger partial charge in [0, 0.05) is 18.0 Å². The third kappa shape index (κ3) is 3.02. The van der Waals surface area contributed by atoms with E-state index in [1.54, 1.807) is 12.1 Å². The molecule has 5 nitrogen and oxygen atoms in total. The van der Waals surface area contributed by atoms with Crippen LogP contribution in [0.4, 0.5) is 0 Å². The van der Waals surface area contributed by atoms with Gasteiger partial charge in [-0.2, -0.15) is 0 Å². The SMILES string of the molecule is Oc1ccc(C2CNCC2Cc2c(O)ccc(Cl)c2O)cc1O. The van der Waals surface area contributed by atoms with Crippen molar-refractivity contribution in [1.82, 2.24) is 5.32 Å². The number of halogens is 1. The van der Waals surface area contributed by atoms with Crippen LogP contribution >= 0.6 is 11.6 Å². The molecule has 2 atom stereocenters. The van der Waals surface area contributed by atoms with E-state index in [4.69, 9.17) is 11.6 Å². The van der Waals surface area contributed by atoms with E-state index in [1.807, 2.05) is 0 Å². The van der Waals surface area contributed by atoms with Crippen molar-refractivity contribution in [2.75, 3.05) is 13.1 Å². The van der Waals surface area contributed by atoms with E-state index in [0.29, 0.717) is 12.0 Å². The molecule has 1 aliphatic heterocycles. The normalized spacial score (nSPS) is 20.7. The molecule has 0 spiro atoms. The summed E-state index contributed by atoms with van der Waals surface area (Å²) in [5, 5.41) is 42.7. The van der Waals surface area contributed by atoms with Crippen molar-refractivity contribution in [3.05, 3.63) is 46.5 Å². The van der Waals surface area contributed by atoms with Gasteiger partial charge in [-0.25, -0.2) is 0 Å². The fourth-order valence-electron chi connectivity index (χ4n) is 3.17. The second-order valence-electron chi connectivity index (χ2n) is 5.87. The van der Waals surface area contributed by atoms with Gasteiger partial charge in [-0.1, -0.05) is 17.7 Å². The molecule has 2 unspecified atom stereocenters. The molecule has 1 aliphatic rings. The lowest BCUT2D eigenvalue weighted by atomic mass is 9.84. The lowest BCUT2D eigenvalue weighted by molar-refractivity contribution is 0.400. The molecule has 1 fully saturated rings. The van der Waals surface area contributed by atoms with Crippen LogP contribution in [0, 0.1) is 5.92 Å². The molecule has 0 bridgehead atoms. The van der Waals surface area contributed by atoms with Gasteiger partial charge in [0.1, 0.15) is 11.5 Å². The van der Waals surface area contributed by atoms with Crippen molar-refractivity contribution in [1.29, 1.82) is 0 Å². The smallest absolute Gasteiger partial charge is 0.157 e. The summed E-state index contributed by atoms with van der Waals surface area (Å²) in [5.41, 5.74) is 1.33. The second kappa shape index (κ2) is 6.18. The van der Waals surface area contributed by atoms with Crippen molar-refractivity contribution in [3.63, 3.8) is 0 Å². The van der Waals surface area contributed by atoms with Crippen LogP contribution < -0.4 is 5.32 Å². The minimum atomic E-state index is -0.151. The molecular formula is C17H18ClNO4. The van der Waals surface area contributed by atoms with Gasteiger partial charge < -0.3 is 25.7 Å². The summed E-state index contributed by atoms with van der Waals surface area (Å²) in [5.74, 6) is -0.159. The van der Waals surface area contributed by atoms with Crippen molar-refractivity contribution in [3.8, 4) is 23.0 Å². The Morgan fingerprint density at radius 2 is 1.70 bits per heavy atom. The van der Waals surface area contributed by atoms with Crippen LogP contribution in [0.3, 0.4) is 0 Å². The van der Waals surface area contributed by atoms with Crippen LogP contribution in [-0.2, 0) is 6.42 Å². The number of rotatable bonds is 3. The fraction of sp³-hybridized carbons (Fsp3) is 0.294. The summed E-state index contributed by atoms with van der Waals surface area (Å²) >= 11 is 5.93. The minimum Gasteiger partial charge on any atom is -0.508 e. The van der Waals surface area contributed by atoms with Gasteiger partial charge in [-0.3, -0.25) is 0 Å². The summed E-state index contributed by atoms with van der Waals surface area (Å²) < 4.78 is 0. The molecule has 5 N–H and O–H groups in total. The Kier molecular flexibility index (Phi) is 4.24. The quantitative estimate of drug-likeness (QED) is 0.556. The van der Waals surface area contributed by atoms with Gasteiger partial charge in [0.2, 0.25) is 0 Å². The second-order valence-corrected chi connectivity index (χ2v) is 6.28. The summed E-state index contributed by atoms with van der Waals surface area (Å²) in [6.45, 7) is 1.44. The Bertz CT molecular complexity index is 735. The molecule has 122 valence electrons. The highest BCUT2D eigenvalue weighted by Crippen LogP contribution is 2.40. The van der Waals surface area contributed by atoms with E-state index in [9.17, 15) is 20.4 Å². The van der Waals surface area contributed by atoms with Crippen LogP contribution in [0.1, 0.15) is 17.0 Å². The molecule has 3 rings (SSSR count). The zero-order valence-electron chi connectivity index (χ0n) is 12.3. The Labute approximate surface area is 138 Å². The molecule has 6 heteroatoms. The average molecular weight is 336 g/mol. The van der Waals surface area contributed by atoms with Gasteiger partial charge in [0.05, 0.1) is 5.02 Å². The fourth-order valence-corrected chi connectivity index (χ4v) is 3.35. The molecule has 1 heterocycles. The van der Waals surface area contributed by atoms with E-state index >= 15 is 0 Å². The van der Waals surface area contributed by atoms with Crippen molar-refractivity contribution in [2.24, 2.45) is 5.92 Å². The van der Waals surface area contributed by atoms with Crippen LogP contribution in [0.5, 0.6) is 23.0 Å². The van der Waals surface area contributed by atoms with Crippen LogP contribution in [-0.4, -0.2) is 33.5 Å². The van der Waals surface area contributed by atoms with E-state index in [1.165, 1.54) is 18.2 Å². The first-order chi connectivity index (χ1) is 11.0. The van der Waals surface area contributed by atoms with Gasteiger partial charge in [-0.15, -0.1) is 0 Å². The van der Waals surface area contributed by atoms with E-state index < -0.39 is 0 Å². The number of phenolic OH excluding ortho intramolecular Hbond substituents is 4. The summed E-state index contributed by atoms with van der Waals surface area (Å²) in [4.78, 5) is 0. The average Bonchev–Trinajstić information content (AvgIpc) is 2.98. The molecule has 0 saturated carbocycles. The van der Waals surface area contributed by atoms with E-state index in [-0.39, 0.29) is 39.9 Å². The maximum Gasteiger partial charge on any atom is 0.157 e. The molecule has 0 amide bonds. The molecule has 2 aromatic carbocycles. The lowest BCUT2D eigenvalue weighted by Crippen LogP contribution is -2.14. The van der Waals surface area contributed by atoms with Crippen molar-refractivity contribution < 1.29 is 20.4 Å². The Morgan fingerprint density at radius 1 is 0.957 bits per heavy atom. The van der Waals surface area contributed by atoms with Crippen molar-refractivity contribution in [2.45, 2.75) is 12.3 Å². The number of benzene rings is 2. The standard InChI is InChI=1S/C17H18ClNO4/c18-13-2-4-14(20)11(17(13)23)5-10-7-19-8-12(10)9-1-3-15(21)16(22)6-9/h1-4,6,10,12,19-23H,5,7-8H2. The molecule has 0 radical (unpaired) electrons. The molecule has 2 aromatic rings. The topological polar surface area (TPSA) is 93.0 Å². The zero-order valence-corrected chi connectivity index (χ0v) is 13.1. The predicted octanol–water partition coefficient (Wildman–Crippen LogP) is 2.71. The van der Waals surface area contributed by atoms with Gasteiger partial charge in [0.25, 0.3) is 0 Å². The maximum absolute atomic E-state index is 10.1. The van der Waals surface area contributed by atoms with E-state index in [2.05, 4.69) is 5.32 Å². The Morgan fingerprint density at radius 3 is 2.43 bits per heavy atom. The first-order valence-electron chi connectivity index (χ1n) is 7.39. The molecule has 0 aromatic heterocycles. The lowest BCUT2D eigenvalue weighted by Gasteiger charge is -2.20. The van der Waals surface area contributed by atoms with Crippen molar-refractivity contribution >= 4 is 11.6 Å². The Balaban J connectivity index is 1.88.